The van der Waals surface area contributed by atoms with Crippen LogP contribution < -0.4 is 0 Å². The Morgan fingerprint density at radius 2 is 1.90 bits per heavy atom. The molecule has 21 heavy (non-hydrogen) atoms. The first-order valence-electron chi connectivity index (χ1n) is 6.61. The van der Waals surface area contributed by atoms with Gasteiger partial charge in [0.1, 0.15) is 6.54 Å². The molecule has 0 saturated heterocycles. The Morgan fingerprint density at radius 1 is 1.24 bits per heavy atom. The van der Waals surface area contributed by atoms with Crippen molar-refractivity contribution in [2.45, 2.75) is 25.2 Å². The fourth-order valence-electron chi connectivity index (χ4n) is 1.84. The van der Waals surface area contributed by atoms with Crippen LogP contribution in [0.15, 0.2) is 29.2 Å². The maximum absolute atomic E-state index is 12.0. The minimum absolute atomic E-state index is 0.00943. The maximum atomic E-state index is 12.0. The normalized spacial score (nSPS) is 11.1. The van der Waals surface area contributed by atoms with E-state index in [2.05, 4.69) is 0 Å². The molecule has 0 aromatic heterocycles. The van der Waals surface area contributed by atoms with Gasteiger partial charge in [0.15, 0.2) is 9.84 Å². The Kier molecular flexibility index (Phi) is 5.90. The Morgan fingerprint density at radius 3 is 2.43 bits per heavy atom. The van der Waals surface area contributed by atoms with Crippen LogP contribution in [-0.2, 0) is 25.8 Å². The summed E-state index contributed by atoms with van der Waals surface area (Å²) >= 11 is 0. The zero-order valence-corrected chi connectivity index (χ0v) is 12.9. The second-order valence-corrected chi connectivity index (χ2v) is 6.81. The fraction of sp³-hybridized carbons (Fsp3) is 0.429. The molecule has 0 aliphatic heterocycles. The summed E-state index contributed by atoms with van der Waals surface area (Å²) in [7, 11) is -3.32. The monoisotopic (exact) mass is 313 g/mol. The van der Waals surface area contributed by atoms with Gasteiger partial charge in [-0.3, -0.25) is 9.59 Å². The molecule has 1 aromatic rings. The van der Waals surface area contributed by atoms with Crippen molar-refractivity contribution in [2.75, 3.05) is 18.8 Å². The minimum Gasteiger partial charge on any atom is -0.480 e. The van der Waals surface area contributed by atoms with Crippen LogP contribution in [0.3, 0.4) is 0 Å². The van der Waals surface area contributed by atoms with Crippen LogP contribution in [0, 0.1) is 0 Å². The molecule has 0 fully saturated rings. The van der Waals surface area contributed by atoms with Crippen LogP contribution in [0.4, 0.5) is 0 Å². The molecule has 0 aliphatic carbocycles. The Labute approximate surface area is 124 Å². The smallest absolute Gasteiger partial charge is 0.323 e. The Hall–Kier alpha value is -1.89. The van der Waals surface area contributed by atoms with Gasteiger partial charge in [-0.1, -0.05) is 19.1 Å². The number of aliphatic carboxylic acids is 1. The van der Waals surface area contributed by atoms with Crippen molar-refractivity contribution < 1.29 is 23.1 Å². The van der Waals surface area contributed by atoms with Crippen molar-refractivity contribution in [3.8, 4) is 0 Å². The van der Waals surface area contributed by atoms with Crippen molar-refractivity contribution in [1.82, 2.24) is 4.90 Å². The van der Waals surface area contributed by atoms with Gasteiger partial charge in [0.25, 0.3) is 0 Å². The number of carboxylic acid groups (broad SMARTS) is 1. The second-order valence-electron chi connectivity index (χ2n) is 4.53. The molecule has 0 aliphatic rings. The molecule has 1 N–H and O–H groups in total. The van der Waals surface area contributed by atoms with E-state index in [1.165, 1.54) is 17.0 Å². The van der Waals surface area contributed by atoms with Gasteiger partial charge in [-0.25, -0.2) is 8.42 Å². The zero-order chi connectivity index (χ0) is 16.0. The number of amides is 1. The van der Waals surface area contributed by atoms with E-state index < -0.39 is 15.8 Å². The third-order valence-corrected chi connectivity index (χ3v) is 4.79. The highest BCUT2D eigenvalue weighted by Crippen LogP contribution is 2.14. The highest BCUT2D eigenvalue weighted by Gasteiger charge is 2.17. The van der Waals surface area contributed by atoms with Crippen molar-refractivity contribution in [3.63, 3.8) is 0 Å². The standard InChI is InChI=1S/C14H19NO5S/c1-3-15(10-14(17)18)13(16)9-11-6-5-7-12(8-11)21(19,20)4-2/h5-8H,3-4,9-10H2,1-2H3,(H,17,18). The van der Waals surface area contributed by atoms with Crippen LogP contribution in [0.1, 0.15) is 19.4 Å². The lowest BCUT2D eigenvalue weighted by atomic mass is 10.1. The van der Waals surface area contributed by atoms with E-state index in [1.54, 1.807) is 26.0 Å². The summed E-state index contributed by atoms with van der Waals surface area (Å²) in [6, 6.07) is 6.19. The quantitative estimate of drug-likeness (QED) is 0.809. The van der Waals surface area contributed by atoms with Crippen molar-refractivity contribution in [1.29, 1.82) is 0 Å². The number of carbonyl (C=O) groups is 2. The lowest BCUT2D eigenvalue weighted by Gasteiger charge is -2.18. The fourth-order valence-corrected chi connectivity index (χ4v) is 2.79. The number of nitrogens with zero attached hydrogens (tertiary/aromatic N) is 1. The van der Waals surface area contributed by atoms with E-state index in [1.807, 2.05) is 0 Å². The first-order valence-corrected chi connectivity index (χ1v) is 8.26. The van der Waals surface area contributed by atoms with E-state index in [4.69, 9.17) is 5.11 Å². The molecule has 6 nitrogen and oxygen atoms in total. The molecule has 0 radical (unpaired) electrons. The molecular formula is C14H19NO5S. The van der Waals surface area contributed by atoms with Crippen LogP contribution in [0.5, 0.6) is 0 Å². The van der Waals surface area contributed by atoms with Crippen LogP contribution in [-0.4, -0.2) is 49.1 Å². The Balaban J connectivity index is 2.91. The molecule has 7 heteroatoms. The average Bonchev–Trinajstić information content (AvgIpc) is 2.44. The number of rotatable bonds is 7. The molecule has 116 valence electrons. The van der Waals surface area contributed by atoms with Crippen LogP contribution >= 0.6 is 0 Å². The second kappa shape index (κ2) is 7.21. The van der Waals surface area contributed by atoms with E-state index in [0.717, 1.165) is 0 Å². The van der Waals surface area contributed by atoms with Gasteiger partial charge >= 0.3 is 5.97 Å². The van der Waals surface area contributed by atoms with E-state index in [9.17, 15) is 18.0 Å². The van der Waals surface area contributed by atoms with E-state index >= 15 is 0 Å². The summed E-state index contributed by atoms with van der Waals surface area (Å²) in [5.74, 6) is -1.43. The summed E-state index contributed by atoms with van der Waals surface area (Å²) < 4.78 is 23.6. The van der Waals surface area contributed by atoms with Crippen molar-refractivity contribution >= 4 is 21.7 Å². The number of benzene rings is 1. The molecule has 0 heterocycles. The number of likely N-dealkylation sites (N-methyl/N-ethyl adjacent to an activating group) is 1. The summed E-state index contributed by atoms with van der Waals surface area (Å²) in [5, 5.41) is 8.74. The first kappa shape index (κ1) is 17.2. The molecule has 0 spiro atoms. The van der Waals surface area contributed by atoms with Gasteiger partial charge in [0.2, 0.25) is 5.91 Å². The maximum Gasteiger partial charge on any atom is 0.323 e. The summed E-state index contributed by atoms with van der Waals surface area (Å²) in [6.45, 7) is 3.18. The summed E-state index contributed by atoms with van der Waals surface area (Å²) in [6.07, 6.45) is -0.0196. The average molecular weight is 313 g/mol. The molecular weight excluding hydrogens is 294 g/mol. The number of hydrogen-bond donors (Lipinski definition) is 1. The molecule has 0 bridgehead atoms. The van der Waals surface area contributed by atoms with Gasteiger partial charge in [-0.15, -0.1) is 0 Å². The molecule has 0 atom stereocenters. The number of hydrogen-bond acceptors (Lipinski definition) is 4. The Bertz CT molecular complexity index is 624. The van der Waals surface area contributed by atoms with E-state index in [0.29, 0.717) is 5.56 Å². The third-order valence-electron chi connectivity index (χ3n) is 3.05. The van der Waals surface area contributed by atoms with Crippen molar-refractivity contribution in [3.05, 3.63) is 29.8 Å². The SMILES string of the molecule is CCN(CC(=O)O)C(=O)Cc1cccc(S(=O)(=O)CC)c1. The highest BCUT2D eigenvalue weighted by molar-refractivity contribution is 7.91. The predicted octanol–water partition coefficient (Wildman–Crippen LogP) is 0.956. The largest absolute Gasteiger partial charge is 0.480 e. The van der Waals surface area contributed by atoms with Gasteiger partial charge in [0, 0.05) is 6.54 Å². The van der Waals surface area contributed by atoms with Gasteiger partial charge in [-0.2, -0.15) is 0 Å². The summed E-state index contributed by atoms with van der Waals surface area (Å²) in [4.78, 5) is 24.1. The molecule has 0 saturated carbocycles. The topological polar surface area (TPSA) is 91.8 Å². The minimum atomic E-state index is -3.32. The predicted molar refractivity (Wildman–Crippen MR) is 77.8 cm³/mol. The highest BCUT2D eigenvalue weighted by atomic mass is 32.2. The molecule has 1 rings (SSSR count). The third kappa shape index (κ3) is 4.86. The van der Waals surface area contributed by atoms with Gasteiger partial charge in [-0.05, 0) is 24.6 Å². The number of carboxylic acids is 1. The number of sulfone groups is 1. The molecule has 1 aromatic carbocycles. The van der Waals surface area contributed by atoms with Crippen molar-refractivity contribution in [2.24, 2.45) is 0 Å². The zero-order valence-electron chi connectivity index (χ0n) is 12.1. The molecule has 0 unspecified atom stereocenters. The number of carbonyl (C=O) groups excluding carboxylic acids is 1. The van der Waals surface area contributed by atoms with Crippen LogP contribution in [0.2, 0.25) is 0 Å². The summed E-state index contributed by atoms with van der Waals surface area (Å²) in [5.41, 5.74) is 0.554. The van der Waals surface area contributed by atoms with Gasteiger partial charge in [0.05, 0.1) is 17.1 Å². The lowest BCUT2D eigenvalue weighted by molar-refractivity contribution is -0.144. The first-order chi connectivity index (χ1) is 9.80. The lowest BCUT2D eigenvalue weighted by Crippen LogP contribution is -2.36. The molecule has 1 amide bonds. The van der Waals surface area contributed by atoms with Crippen LogP contribution in [0.25, 0.3) is 0 Å². The van der Waals surface area contributed by atoms with Gasteiger partial charge < -0.3 is 10.0 Å². The van der Waals surface area contributed by atoms with E-state index in [-0.39, 0.29) is 36.1 Å².